The number of benzene rings is 1. The summed E-state index contributed by atoms with van der Waals surface area (Å²) in [5, 5.41) is 13.2. The van der Waals surface area contributed by atoms with E-state index in [0.717, 1.165) is 31.7 Å². The van der Waals surface area contributed by atoms with Crippen molar-refractivity contribution in [2.24, 2.45) is 5.92 Å². The van der Waals surface area contributed by atoms with Gasteiger partial charge in [-0.15, -0.1) is 0 Å². The molecule has 0 radical (unpaired) electrons. The van der Waals surface area contributed by atoms with Gasteiger partial charge in [0.2, 0.25) is 0 Å². The summed E-state index contributed by atoms with van der Waals surface area (Å²) in [6, 6.07) is 10.1. The van der Waals surface area contributed by atoms with E-state index in [1.165, 1.54) is 18.4 Å². The van der Waals surface area contributed by atoms with Gasteiger partial charge in [-0.1, -0.05) is 12.1 Å². The van der Waals surface area contributed by atoms with Gasteiger partial charge in [0.1, 0.15) is 12.7 Å². The van der Waals surface area contributed by atoms with Gasteiger partial charge in [-0.05, 0) is 43.0 Å². The molecule has 108 valence electrons. The molecule has 0 unspecified atom stereocenters. The van der Waals surface area contributed by atoms with Crippen LogP contribution in [0, 0.1) is 17.2 Å². The lowest BCUT2D eigenvalue weighted by Crippen LogP contribution is -2.36. The summed E-state index contributed by atoms with van der Waals surface area (Å²) in [5.74, 6) is 0.625. The third-order valence-corrected chi connectivity index (χ3v) is 3.98. The molecule has 1 aliphatic rings. The van der Waals surface area contributed by atoms with Crippen LogP contribution in [0.1, 0.15) is 24.0 Å². The Morgan fingerprint density at radius 3 is 3.14 bits per heavy atom. The van der Waals surface area contributed by atoms with E-state index in [-0.39, 0.29) is 0 Å². The number of nitrogens with zero attached hydrogens (tertiary/aromatic N) is 5. The van der Waals surface area contributed by atoms with E-state index in [4.69, 9.17) is 5.26 Å². The first-order valence-corrected chi connectivity index (χ1v) is 7.37. The molecule has 3 rings (SSSR count). The summed E-state index contributed by atoms with van der Waals surface area (Å²) in [4.78, 5) is 6.47. The van der Waals surface area contributed by atoms with E-state index >= 15 is 0 Å². The SMILES string of the molecule is N#Cc1cccc(CN2CCC[C@@H](Cn3cncn3)C2)c1. The lowest BCUT2D eigenvalue weighted by atomic mass is 9.97. The maximum absolute atomic E-state index is 8.97. The van der Waals surface area contributed by atoms with Gasteiger partial charge in [0.05, 0.1) is 11.6 Å². The highest BCUT2D eigenvalue weighted by Gasteiger charge is 2.20. The molecule has 0 aliphatic carbocycles. The van der Waals surface area contributed by atoms with Crippen LogP contribution in [-0.2, 0) is 13.1 Å². The molecule has 5 heteroatoms. The summed E-state index contributed by atoms with van der Waals surface area (Å²) in [6.07, 6.45) is 5.84. The Labute approximate surface area is 124 Å². The van der Waals surface area contributed by atoms with E-state index in [1.807, 2.05) is 22.9 Å². The van der Waals surface area contributed by atoms with Crippen molar-refractivity contribution >= 4 is 0 Å². The van der Waals surface area contributed by atoms with Crippen molar-refractivity contribution in [3.05, 3.63) is 48.0 Å². The molecule has 1 saturated heterocycles. The third kappa shape index (κ3) is 3.67. The van der Waals surface area contributed by atoms with Crippen LogP contribution < -0.4 is 0 Å². The molecule has 2 heterocycles. The van der Waals surface area contributed by atoms with Crippen molar-refractivity contribution in [3.63, 3.8) is 0 Å². The van der Waals surface area contributed by atoms with E-state index in [2.05, 4.69) is 27.1 Å². The molecule has 0 N–H and O–H groups in total. The fourth-order valence-electron chi connectivity index (χ4n) is 3.03. The van der Waals surface area contributed by atoms with Crippen molar-refractivity contribution in [2.75, 3.05) is 13.1 Å². The molecule has 1 aromatic carbocycles. The first-order chi connectivity index (χ1) is 10.3. The van der Waals surface area contributed by atoms with Crippen LogP contribution in [0.2, 0.25) is 0 Å². The summed E-state index contributed by atoms with van der Waals surface area (Å²) < 4.78 is 1.92. The highest BCUT2D eigenvalue weighted by atomic mass is 15.3. The minimum Gasteiger partial charge on any atom is -0.299 e. The smallest absolute Gasteiger partial charge is 0.137 e. The van der Waals surface area contributed by atoms with Gasteiger partial charge in [-0.3, -0.25) is 9.58 Å². The maximum Gasteiger partial charge on any atom is 0.137 e. The Kier molecular flexibility index (Phi) is 4.27. The van der Waals surface area contributed by atoms with E-state index in [1.54, 1.807) is 12.7 Å². The normalized spacial score (nSPS) is 19.3. The zero-order valence-electron chi connectivity index (χ0n) is 12.0. The monoisotopic (exact) mass is 281 g/mol. The minimum atomic E-state index is 0.625. The number of likely N-dealkylation sites (tertiary alicyclic amines) is 1. The molecule has 0 amide bonds. The first kappa shape index (κ1) is 13.8. The fraction of sp³-hybridized carbons (Fsp3) is 0.438. The molecule has 1 atom stereocenters. The van der Waals surface area contributed by atoms with Crippen LogP contribution in [0.4, 0.5) is 0 Å². The van der Waals surface area contributed by atoms with Gasteiger partial charge in [0.15, 0.2) is 0 Å². The highest BCUT2D eigenvalue weighted by molar-refractivity contribution is 5.32. The van der Waals surface area contributed by atoms with Crippen molar-refractivity contribution in [1.29, 1.82) is 5.26 Å². The second-order valence-electron chi connectivity index (χ2n) is 5.67. The number of aromatic nitrogens is 3. The Hall–Kier alpha value is -2.19. The summed E-state index contributed by atoms with van der Waals surface area (Å²) in [6.45, 7) is 4.07. The van der Waals surface area contributed by atoms with E-state index in [9.17, 15) is 0 Å². The lowest BCUT2D eigenvalue weighted by Gasteiger charge is -2.32. The molecule has 21 heavy (non-hydrogen) atoms. The zero-order valence-corrected chi connectivity index (χ0v) is 12.0. The zero-order chi connectivity index (χ0) is 14.5. The highest BCUT2D eigenvalue weighted by Crippen LogP contribution is 2.20. The van der Waals surface area contributed by atoms with Crippen LogP contribution in [0.15, 0.2) is 36.9 Å². The van der Waals surface area contributed by atoms with Gasteiger partial charge in [-0.2, -0.15) is 10.4 Å². The quantitative estimate of drug-likeness (QED) is 0.860. The standard InChI is InChI=1S/C16H19N5/c17-8-14-3-1-4-15(7-14)9-20-6-2-5-16(10-20)11-21-13-18-12-19-21/h1,3-4,7,12-13,16H,2,5-6,9-11H2/t16-/m1/s1. The second-order valence-corrected chi connectivity index (χ2v) is 5.67. The Balaban J connectivity index is 1.59. The molecule has 2 aromatic rings. The maximum atomic E-state index is 8.97. The molecule has 1 aromatic heterocycles. The predicted octanol–water partition coefficient (Wildman–Crippen LogP) is 2.06. The van der Waals surface area contributed by atoms with Crippen LogP contribution >= 0.6 is 0 Å². The Morgan fingerprint density at radius 2 is 2.33 bits per heavy atom. The predicted molar refractivity (Wildman–Crippen MR) is 79.2 cm³/mol. The average Bonchev–Trinajstić information content (AvgIpc) is 3.01. The van der Waals surface area contributed by atoms with Crippen molar-refractivity contribution in [2.45, 2.75) is 25.9 Å². The molecule has 1 fully saturated rings. The minimum absolute atomic E-state index is 0.625. The van der Waals surface area contributed by atoms with Crippen molar-refractivity contribution in [1.82, 2.24) is 19.7 Å². The average molecular weight is 281 g/mol. The number of nitriles is 1. The number of piperidine rings is 1. The van der Waals surface area contributed by atoms with Crippen LogP contribution in [-0.4, -0.2) is 32.8 Å². The van der Waals surface area contributed by atoms with Gasteiger partial charge in [0, 0.05) is 19.6 Å². The van der Waals surface area contributed by atoms with Crippen LogP contribution in [0.5, 0.6) is 0 Å². The Morgan fingerprint density at radius 1 is 1.38 bits per heavy atom. The molecule has 0 bridgehead atoms. The topological polar surface area (TPSA) is 57.7 Å². The number of hydrogen-bond donors (Lipinski definition) is 0. The summed E-state index contributed by atoms with van der Waals surface area (Å²) in [7, 11) is 0. The van der Waals surface area contributed by atoms with E-state index in [0.29, 0.717) is 5.92 Å². The third-order valence-electron chi connectivity index (χ3n) is 3.98. The summed E-state index contributed by atoms with van der Waals surface area (Å²) >= 11 is 0. The fourth-order valence-corrected chi connectivity index (χ4v) is 3.03. The van der Waals surface area contributed by atoms with E-state index < -0.39 is 0 Å². The van der Waals surface area contributed by atoms with Crippen LogP contribution in [0.3, 0.4) is 0 Å². The molecular formula is C16H19N5. The Bertz CT molecular complexity index is 614. The molecule has 0 spiro atoms. The van der Waals surface area contributed by atoms with Crippen LogP contribution in [0.25, 0.3) is 0 Å². The van der Waals surface area contributed by atoms with Gasteiger partial charge in [-0.25, -0.2) is 4.98 Å². The second kappa shape index (κ2) is 6.51. The lowest BCUT2D eigenvalue weighted by molar-refractivity contribution is 0.153. The van der Waals surface area contributed by atoms with Gasteiger partial charge in [0.25, 0.3) is 0 Å². The van der Waals surface area contributed by atoms with Gasteiger partial charge >= 0.3 is 0 Å². The molecule has 1 aliphatic heterocycles. The van der Waals surface area contributed by atoms with Crippen molar-refractivity contribution < 1.29 is 0 Å². The van der Waals surface area contributed by atoms with Gasteiger partial charge < -0.3 is 0 Å². The first-order valence-electron chi connectivity index (χ1n) is 7.37. The van der Waals surface area contributed by atoms with Crippen molar-refractivity contribution in [3.8, 4) is 6.07 Å². The molecular weight excluding hydrogens is 262 g/mol. The number of rotatable bonds is 4. The number of hydrogen-bond acceptors (Lipinski definition) is 4. The molecule has 5 nitrogen and oxygen atoms in total. The summed E-state index contributed by atoms with van der Waals surface area (Å²) in [5.41, 5.74) is 1.96. The largest absolute Gasteiger partial charge is 0.299 e. The molecule has 0 saturated carbocycles.